The van der Waals surface area contributed by atoms with E-state index < -0.39 is 5.41 Å². The molecule has 0 aromatic carbocycles. The van der Waals surface area contributed by atoms with Crippen molar-refractivity contribution in [1.29, 1.82) is 5.26 Å². The van der Waals surface area contributed by atoms with E-state index in [-0.39, 0.29) is 0 Å². The molecule has 5 nitrogen and oxygen atoms in total. The lowest BCUT2D eigenvalue weighted by Gasteiger charge is -2.39. The molecular formula is C24H31N5. The monoisotopic (exact) mass is 389 g/mol. The van der Waals surface area contributed by atoms with E-state index in [4.69, 9.17) is 4.98 Å². The third-order valence-corrected chi connectivity index (χ3v) is 6.38. The van der Waals surface area contributed by atoms with Crippen molar-refractivity contribution in [3.05, 3.63) is 41.6 Å². The van der Waals surface area contributed by atoms with E-state index in [0.29, 0.717) is 11.8 Å². The second-order valence-electron chi connectivity index (χ2n) is 9.12. The summed E-state index contributed by atoms with van der Waals surface area (Å²) in [4.78, 5) is 11.7. The first-order valence-electron chi connectivity index (χ1n) is 10.9. The summed E-state index contributed by atoms with van der Waals surface area (Å²) in [5.74, 6) is 3.70. The molecule has 2 aromatic rings. The van der Waals surface area contributed by atoms with E-state index in [1.54, 1.807) is 0 Å². The Morgan fingerprint density at radius 3 is 2.55 bits per heavy atom. The van der Waals surface area contributed by atoms with Crippen LogP contribution in [-0.2, 0) is 5.41 Å². The van der Waals surface area contributed by atoms with Gasteiger partial charge in [-0.15, -0.1) is 0 Å². The van der Waals surface area contributed by atoms with Crippen LogP contribution in [0.2, 0.25) is 0 Å². The van der Waals surface area contributed by atoms with Gasteiger partial charge in [0.1, 0.15) is 17.5 Å². The first-order chi connectivity index (χ1) is 14.0. The maximum absolute atomic E-state index is 10.1. The van der Waals surface area contributed by atoms with Gasteiger partial charge in [-0.3, -0.25) is 0 Å². The smallest absolute Gasteiger partial charge is 0.134 e. The van der Waals surface area contributed by atoms with Gasteiger partial charge in [-0.1, -0.05) is 40.0 Å². The summed E-state index contributed by atoms with van der Waals surface area (Å²) in [6.07, 6.45) is 7.17. The Kier molecular flexibility index (Phi) is 5.45. The molecule has 1 aliphatic carbocycles. The summed E-state index contributed by atoms with van der Waals surface area (Å²) in [5, 5.41) is 13.5. The van der Waals surface area contributed by atoms with Gasteiger partial charge in [0, 0.05) is 19.3 Å². The maximum Gasteiger partial charge on any atom is 0.134 e. The summed E-state index contributed by atoms with van der Waals surface area (Å²) in [5.41, 5.74) is 1.96. The zero-order valence-corrected chi connectivity index (χ0v) is 17.8. The average molecular weight is 390 g/mol. The number of anilines is 3. The lowest BCUT2D eigenvalue weighted by Crippen LogP contribution is -2.45. The van der Waals surface area contributed by atoms with E-state index in [1.807, 2.05) is 6.20 Å². The molecule has 1 saturated heterocycles. The van der Waals surface area contributed by atoms with Gasteiger partial charge in [-0.05, 0) is 60.1 Å². The predicted molar refractivity (Wildman–Crippen MR) is 118 cm³/mol. The Morgan fingerprint density at radius 2 is 1.90 bits per heavy atom. The lowest BCUT2D eigenvalue weighted by atomic mass is 9.70. The predicted octanol–water partition coefficient (Wildman–Crippen LogP) is 5.53. The van der Waals surface area contributed by atoms with Gasteiger partial charge in [0.15, 0.2) is 0 Å². The molecule has 4 rings (SSSR count). The van der Waals surface area contributed by atoms with Crippen molar-refractivity contribution in [3.63, 3.8) is 0 Å². The van der Waals surface area contributed by atoms with Crippen molar-refractivity contribution in [1.82, 2.24) is 9.97 Å². The zero-order valence-electron chi connectivity index (χ0n) is 17.8. The molecule has 0 atom stereocenters. The van der Waals surface area contributed by atoms with Crippen molar-refractivity contribution in [2.24, 2.45) is 5.92 Å². The number of hydrogen-bond acceptors (Lipinski definition) is 5. The standard InChI is InChI=1S/C24H31N5/c1-17(2)19-7-10-26-21(11-19)27-22-12-20(24(16-25)8-5-4-6-9-24)13-23(28-22)29-14-18(3)15-29/h7,10-13,17-18H,4-6,8-9,14-15H2,1-3H3,(H,26,27,28). The minimum Gasteiger partial charge on any atom is -0.356 e. The fraction of sp³-hybridized carbons (Fsp3) is 0.542. The molecule has 1 saturated carbocycles. The quantitative estimate of drug-likeness (QED) is 0.729. The maximum atomic E-state index is 10.1. The van der Waals surface area contributed by atoms with Gasteiger partial charge in [0.25, 0.3) is 0 Å². The van der Waals surface area contributed by atoms with Crippen molar-refractivity contribution < 1.29 is 0 Å². The van der Waals surface area contributed by atoms with Crippen molar-refractivity contribution >= 4 is 17.5 Å². The Bertz CT molecular complexity index is 902. The van der Waals surface area contributed by atoms with Gasteiger partial charge < -0.3 is 10.2 Å². The molecule has 2 aromatic heterocycles. The van der Waals surface area contributed by atoms with E-state index >= 15 is 0 Å². The zero-order chi connectivity index (χ0) is 20.4. The highest BCUT2D eigenvalue weighted by Gasteiger charge is 2.36. The molecule has 0 spiro atoms. The molecule has 1 aliphatic heterocycles. The molecule has 29 heavy (non-hydrogen) atoms. The topological polar surface area (TPSA) is 64.8 Å². The van der Waals surface area contributed by atoms with E-state index in [9.17, 15) is 5.26 Å². The van der Waals surface area contributed by atoms with Gasteiger partial charge in [0.2, 0.25) is 0 Å². The van der Waals surface area contributed by atoms with E-state index in [0.717, 1.165) is 61.8 Å². The third kappa shape index (κ3) is 4.07. The van der Waals surface area contributed by atoms with Gasteiger partial charge in [-0.2, -0.15) is 5.26 Å². The number of aromatic nitrogens is 2. The van der Waals surface area contributed by atoms with Crippen LogP contribution in [0.4, 0.5) is 17.5 Å². The van der Waals surface area contributed by atoms with Crippen LogP contribution in [0, 0.1) is 17.2 Å². The first-order valence-corrected chi connectivity index (χ1v) is 10.9. The molecule has 0 amide bonds. The lowest BCUT2D eigenvalue weighted by molar-refractivity contribution is 0.365. The highest BCUT2D eigenvalue weighted by Crippen LogP contribution is 2.41. The Balaban J connectivity index is 1.70. The number of nitriles is 1. The summed E-state index contributed by atoms with van der Waals surface area (Å²) in [6.45, 7) is 8.67. The molecule has 2 fully saturated rings. The number of hydrogen-bond donors (Lipinski definition) is 1. The van der Waals surface area contributed by atoms with Crippen LogP contribution < -0.4 is 10.2 Å². The van der Waals surface area contributed by atoms with Crippen LogP contribution >= 0.6 is 0 Å². The minimum absolute atomic E-state index is 0.393. The van der Waals surface area contributed by atoms with Crippen LogP contribution in [0.3, 0.4) is 0 Å². The third-order valence-electron chi connectivity index (χ3n) is 6.38. The summed E-state index contributed by atoms with van der Waals surface area (Å²) in [6, 6.07) is 11.0. The number of pyridine rings is 2. The van der Waals surface area contributed by atoms with E-state index in [2.05, 4.69) is 66.3 Å². The fourth-order valence-electron chi connectivity index (χ4n) is 4.53. The molecule has 5 heteroatoms. The van der Waals surface area contributed by atoms with Crippen molar-refractivity contribution in [2.75, 3.05) is 23.3 Å². The Hall–Kier alpha value is -2.61. The fourth-order valence-corrected chi connectivity index (χ4v) is 4.53. The number of nitrogens with one attached hydrogen (secondary N) is 1. The van der Waals surface area contributed by atoms with Gasteiger partial charge >= 0.3 is 0 Å². The largest absolute Gasteiger partial charge is 0.356 e. The molecule has 3 heterocycles. The van der Waals surface area contributed by atoms with Crippen LogP contribution in [0.15, 0.2) is 30.5 Å². The van der Waals surface area contributed by atoms with Crippen molar-refractivity contribution in [2.45, 2.75) is 64.2 Å². The number of rotatable bonds is 5. The SMILES string of the molecule is CC1CN(c2cc(C3(C#N)CCCCC3)cc(Nc3cc(C(C)C)ccn3)n2)C1. The molecular weight excluding hydrogens is 358 g/mol. The molecule has 0 unspecified atom stereocenters. The van der Waals surface area contributed by atoms with Crippen LogP contribution in [0.1, 0.15) is 69.9 Å². The molecule has 2 aliphatic rings. The Morgan fingerprint density at radius 1 is 1.14 bits per heavy atom. The summed E-state index contributed by atoms with van der Waals surface area (Å²) in [7, 11) is 0. The highest BCUT2D eigenvalue weighted by atomic mass is 15.2. The van der Waals surface area contributed by atoms with E-state index in [1.165, 1.54) is 12.0 Å². The van der Waals surface area contributed by atoms with Gasteiger partial charge in [0.05, 0.1) is 11.5 Å². The van der Waals surface area contributed by atoms with Gasteiger partial charge in [-0.25, -0.2) is 9.97 Å². The summed E-state index contributed by atoms with van der Waals surface area (Å²) >= 11 is 0. The van der Waals surface area contributed by atoms with Crippen molar-refractivity contribution in [3.8, 4) is 6.07 Å². The Labute approximate surface area is 174 Å². The number of nitrogens with zero attached hydrogens (tertiary/aromatic N) is 4. The van der Waals surface area contributed by atoms with Crippen LogP contribution in [0.5, 0.6) is 0 Å². The normalized spacial score (nSPS) is 18.9. The second-order valence-corrected chi connectivity index (χ2v) is 9.12. The molecule has 0 radical (unpaired) electrons. The minimum atomic E-state index is -0.393. The molecule has 152 valence electrons. The van der Waals surface area contributed by atoms with Crippen LogP contribution in [0.25, 0.3) is 0 Å². The second kappa shape index (κ2) is 8.02. The first kappa shape index (κ1) is 19.7. The molecule has 0 bridgehead atoms. The molecule has 1 N–H and O–H groups in total. The van der Waals surface area contributed by atoms with Crippen LogP contribution in [-0.4, -0.2) is 23.1 Å². The average Bonchev–Trinajstić information content (AvgIpc) is 2.72. The summed E-state index contributed by atoms with van der Waals surface area (Å²) < 4.78 is 0. The highest BCUT2D eigenvalue weighted by molar-refractivity contribution is 5.60.